The second kappa shape index (κ2) is 10.8. The molecule has 2 heterocycles. The molecule has 1 unspecified atom stereocenters. The summed E-state index contributed by atoms with van der Waals surface area (Å²) >= 11 is 0. The molecular formula is C27H35N3O3. The molecule has 2 N–H and O–H groups in total. The zero-order valence-corrected chi connectivity index (χ0v) is 19.6. The lowest BCUT2D eigenvalue weighted by Gasteiger charge is -2.36. The van der Waals surface area contributed by atoms with Crippen LogP contribution in [0.2, 0.25) is 0 Å². The third-order valence-corrected chi connectivity index (χ3v) is 6.95. The van der Waals surface area contributed by atoms with Crippen molar-refractivity contribution in [2.45, 2.75) is 76.0 Å². The number of likely N-dealkylation sites (N-methyl/N-ethyl adjacent to an activating group) is 1. The van der Waals surface area contributed by atoms with Gasteiger partial charge in [-0.3, -0.25) is 9.59 Å². The van der Waals surface area contributed by atoms with E-state index >= 15 is 0 Å². The van der Waals surface area contributed by atoms with Crippen LogP contribution in [-0.2, 0) is 9.59 Å². The van der Waals surface area contributed by atoms with Crippen molar-refractivity contribution in [1.29, 1.82) is 0 Å². The molecule has 2 amide bonds. The van der Waals surface area contributed by atoms with Gasteiger partial charge < -0.3 is 20.3 Å². The van der Waals surface area contributed by atoms with Crippen LogP contribution in [0.25, 0.3) is 0 Å². The Kier molecular flexibility index (Phi) is 7.65. The minimum absolute atomic E-state index is 0.00518. The van der Waals surface area contributed by atoms with Crippen molar-refractivity contribution < 1.29 is 14.3 Å². The molecule has 2 saturated heterocycles. The lowest BCUT2D eigenvalue weighted by atomic mass is 9.98. The number of hydrogen-bond donors (Lipinski definition) is 2. The average Bonchev–Trinajstić information content (AvgIpc) is 3.24. The van der Waals surface area contributed by atoms with Crippen LogP contribution in [0.4, 0.5) is 0 Å². The Morgan fingerprint density at radius 2 is 1.79 bits per heavy atom. The van der Waals surface area contributed by atoms with E-state index in [9.17, 15) is 9.59 Å². The molecule has 0 aliphatic carbocycles. The van der Waals surface area contributed by atoms with E-state index in [1.807, 2.05) is 55.5 Å². The molecular weight excluding hydrogens is 414 g/mol. The van der Waals surface area contributed by atoms with Crippen LogP contribution in [0.15, 0.2) is 54.6 Å². The van der Waals surface area contributed by atoms with Gasteiger partial charge in [0.2, 0.25) is 11.8 Å². The minimum Gasteiger partial charge on any atom is -0.457 e. The molecule has 6 heteroatoms. The smallest absolute Gasteiger partial charge is 0.245 e. The number of ether oxygens (including phenoxy) is 1. The molecule has 0 aromatic heterocycles. The van der Waals surface area contributed by atoms with Gasteiger partial charge in [0.05, 0.1) is 12.1 Å². The Hall–Kier alpha value is -2.86. The number of amides is 2. The molecule has 0 bridgehead atoms. The molecule has 2 aliphatic heterocycles. The molecule has 2 aliphatic rings. The van der Waals surface area contributed by atoms with Gasteiger partial charge in [-0.25, -0.2) is 0 Å². The third-order valence-electron chi connectivity index (χ3n) is 6.95. The molecule has 0 spiro atoms. The van der Waals surface area contributed by atoms with Crippen LogP contribution >= 0.6 is 0 Å². The molecule has 2 aromatic rings. The van der Waals surface area contributed by atoms with Gasteiger partial charge in [-0.05, 0) is 69.0 Å². The minimum atomic E-state index is -0.466. The van der Waals surface area contributed by atoms with E-state index in [0.717, 1.165) is 49.2 Å². The van der Waals surface area contributed by atoms with Crippen LogP contribution in [0.1, 0.15) is 63.5 Å². The van der Waals surface area contributed by atoms with Gasteiger partial charge in [-0.2, -0.15) is 0 Å². The number of nitrogens with one attached hydrogen (secondary N) is 2. The lowest BCUT2D eigenvalue weighted by molar-refractivity contribution is -0.140. The van der Waals surface area contributed by atoms with Gasteiger partial charge in [-0.1, -0.05) is 50.1 Å². The summed E-state index contributed by atoms with van der Waals surface area (Å²) in [6.07, 6.45) is 6.37. The number of para-hydroxylation sites is 1. The number of benzene rings is 2. The Labute approximate surface area is 196 Å². The van der Waals surface area contributed by atoms with Crippen molar-refractivity contribution in [1.82, 2.24) is 15.5 Å². The molecule has 176 valence electrons. The highest BCUT2D eigenvalue weighted by molar-refractivity contribution is 5.90. The number of carbonyl (C=O) groups excluding carboxylic acids is 2. The van der Waals surface area contributed by atoms with Gasteiger partial charge in [0.25, 0.3) is 0 Å². The molecule has 0 saturated carbocycles. The van der Waals surface area contributed by atoms with Crippen molar-refractivity contribution in [2.24, 2.45) is 0 Å². The maximum Gasteiger partial charge on any atom is 0.245 e. The Morgan fingerprint density at radius 3 is 2.55 bits per heavy atom. The monoisotopic (exact) mass is 449 g/mol. The van der Waals surface area contributed by atoms with E-state index in [1.54, 1.807) is 7.05 Å². The van der Waals surface area contributed by atoms with Crippen molar-refractivity contribution in [3.8, 4) is 11.5 Å². The second-order valence-electron chi connectivity index (χ2n) is 9.08. The molecule has 33 heavy (non-hydrogen) atoms. The van der Waals surface area contributed by atoms with Crippen LogP contribution in [-0.4, -0.2) is 41.9 Å². The Bertz CT molecular complexity index is 945. The first-order chi connectivity index (χ1) is 16.1. The highest BCUT2D eigenvalue weighted by Crippen LogP contribution is 2.41. The summed E-state index contributed by atoms with van der Waals surface area (Å²) < 4.78 is 6.04. The molecule has 4 rings (SSSR count). The van der Waals surface area contributed by atoms with E-state index < -0.39 is 6.04 Å². The second-order valence-corrected chi connectivity index (χ2v) is 9.08. The van der Waals surface area contributed by atoms with Crippen LogP contribution in [0.5, 0.6) is 11.5 Å². The van der Waals surface area contributed by atoms with Crippen molar-refractivity contribution in [3.63, 3.8) is 0 Å². The Morgan fingerprint density at radius 1 is 1.03 bits per heavy atom. The van der Waals surface area contributed by atoms with Gasteiger partial charge in [0.15, 0.2) is 0 Å². The molecule has 4 atom stereocenters. The first-order valence-corrected chi connectivity index (χ1v) is 12.2. The number of rotatable bonds is 7. The van der Waals surface area contributed by atoms with Crippen molar-refractivity contribution >= 4 is 11.8 Å². The largest absolute Gasteiger partial charge is 0.457 e. The van der Waals surface area contributed by atoms with Gasteiger partial charge in [-0.15, -0.1) is 0 Å². The maximum absolute atomic E-state index is 13.7. The average molecular weight is 450 g/mol. The molecule has 2 aromatic carbocycles. The number of fused-ring (bicyclic) bond motifs is 1. The fraction of sp³-hybridized carbons (Fsp3) is 0.481. The summed E-state index contributed by atoms with van der Waals surface area (Å²) in [7, 11) is 1.78. The maximum atomic E-state index is 13.7. The quantitative estimate of drug-likeness (QED) is 0.650. The van der Waals surface area contributed by atoms with E-state index in [4.69, 9.17) is 4.74 Å². The van der Waals surface area contributed by atoms with Gasteiger partial charge in [0, 0.05) is 6.04 Å². The summed E-state index contributed by atoms with van der Waals surface area (Å²) in [5, 5.41) is 6.09. The zero-order chi connectivity index (χ0) is 23.2. The third kappa shape index (κ3) is 5.38. The van der Waals surface area contributed by atoms with E-state index in [0.29, 0.717) is 12.8 Å². The van der Waals surface area contributed by atoms with E-state index in [1.165, 1.54) is 0 Å². The standard InChI is InChI=1S/C27H35N3O3/c1-3-23(28-2)26(31)29-24-15-8-7-11-20-16-17-25(30(20)27(24)32)19-10-9-14-22(18-19)33-21-12-5-4-6-13-21/h4-6,9-10,12-14,18,20,23-25,28H,3,7-8,11,15-17H2,1-2H3,(H,29,31)/t20-,23?,24-,25-/m0/s1. The molecule has 6 nitrogen and oxygen atoms in total. The van der Waals surface area contributed by atoms with Crippen LogP contribution in [0, 0.1) is 0 Å². The summed E-state index contributed by atoms with van der Waals surface area (Å²) in [6, 6.07) is 17.3. The summed E-state index contributed by atoms with van der Waals surface area (Å²) in [5.41, 5.74) is 1.09. The normalized spacial score (nSPS) is 23.9. The topological polar surface area (TPSA) is 70.7 Å². The predicted molar refractivity (Wildman–Crippen MR) is 129 cm³/mol. The van der Waals surface area contributed by atoms with Crippen molar-refractivity contribution in [3.05, 3.63) is 60.2 Å². The summed E-state index contributed by atoms with van der Waals surface area (Å²) in [6.45, 7) is 1.97. The fourth-order valence-corrected chi connectivity index (χ4v) is 5.20. The summed E-state index contributed by atoms with van der Waals surface area (Å²) in [5.74, 6) is 1.52. The predicted octanol–water partition coefficient (Wildman–Crippen LogP) is 4.57. The van der Waals surface area contributed by atoms with Crippen LogP contribution in [0.3, 0.4) is 0 Å². The highest BCUT2D eigenvalue weighted by atomic mass is 16.5. The SMILES string of the molecule is CCC(NC)C(=O)N[C@H]1CCCC[C@H]2CC[C@@H](c3cccc(Oc4ccccc4)c3)N2C1=O. The van der Waals surface area contributed by atoms with Gasteiger partial charge >= 0.3 is 0 Å². The first kappa shape index (κ1) is 23.3. The molecule has 2 fully saturated rings. The fourth-order valence-electron chi connectivity index (χ4n) is 5.20. The first-order valence-electron chi connectivity index (χ1n) is 12.2. The summed E-state index contributed by atoms with van der Waals surface area (Å²) in [4.78, 5) is 28.5. The lowest BCUT2D eigenvalue weighted by Crippen LogP contribution is -2.54. The van der Waals surface area contributed by atoms with Crippen molar-refractivity contribution in [2.75, 3.05) is 7.05 Å². The number of hydrogen-bond acceptors (Lipinski definition) is 4. The zero-order valence-electron chi connectivity index (χ0n) is 19.6. The van der Waals surface area contributed by atoms with Crippen LogP contribution < -0.4 is 15.4 Å². The number of nitrogens with zero attached hydrogens (tertiary/aromatic N) is 1. The highest BCUT2D eigenvalue weighted by Gasteiger charge is 2.41. The van der Waals surface area contributed by atoms with E-state index in [-0.39, 0.29) is 29.9 Å². The molecule has 0 radical (unpaired) electrons. The van der Waals surface area contributed by atoms with Gasteiger partial charge in [0.1, 0.15) is 17.5 Å². The number of carbonyl (C=O) groups is 2. The Balaban J connectivity index is 1.54. The van der Waals surface area contributed by atoms with E-state index in [2.05, 4.69) is 21.6 Å².